The first-order valence-electron chi connectivity index (χ1n) is 11.9. The zero-order valence-electron chi connectivity index (χ0n) is 19.8. The SMILES string of the molecule is O=C(CCc1nc2cc(Cl)ccc2n(Cc2ccccc2)c1=O)NNC(=S)NCCN1CCOCC1. The Balaban J connectivity index is 1.34. The molecule has 11 heteroatoms. The van der Waals surface area contributed by atoms with Gasteiger partial charge in [0.2, 0.25) is 5.91 Å². The first-order chi connectivity index (χ1) is 17.5. The second-order valence-electron chi connectivity index (χ2n) is 8.45. The lowest BCUT2D eigenvalue weighted by Crippen LogP contribution is -2.49. The molecule has 1 aliphatic rings. The molecule has 0 atom stereocenters. The summed E-state index contributed by atoms with van der Waals surface area (Å²) in [6.45, 7) is 5.19. The number of carbonyl (C=O) groups excluding carboxylic acids is 1. The average molecular weight is 529 g/mol. The van der Waals surface area contributed by atoms with Crippen LogP contribution in [0.1, 0.15) is 17.7 Å². The fraction of sp³-hybridized carbons (Fsp3) is 0.360. The number of aryl methyl sites for hydroxylation is 1. The van der Waals surface area contributed by atoms with Gasteiger partial charge in [0.1, 0.15) is 5.69 Å². The highest BCUT2D eigenvalue weighted by Gasteiger charge is 2.14. The highest BCUT2D eigenvalue weighted by Crippen LogP contribution is 2.18. The number of nitrogens with zero attached hydrogens (tertiary/aromatic N) is 3. The lowest BCUT2D eigenvalue weighted by atomic mass is 10.2. The van der Waals surface area contributed by atoms with E-state index in [-0.39, 0.29) is 24.3 Å². The lowest BCUT2D eigenvalue weighted by Gasteiger charge is -2.26. The highest BCUT2D eigenvalue weighted by atomic mass is 35.5. The third-order valence-electron chi connectivity index (χ3n) is 5.88. The molecular formula is C25H29ClN6O3S. The van der Waals surface area contributed by atoms with Crippen LogP contribution in [-0.4, -0.2) is 64.9 Å². The van der Waals surface area contributed by atoms with E-state index in [0.29, 0.717) is 40.0 Å². The monoisotopic (exact) mass is 528 g/mol. The van der Waals surface area contributed by atoms with Crippen LogP contribution >= 0.6 is 23.8 Å². The summed E-state index contributed by atoms with van der Waals surface area (Å²) in [6.07, 6.45) is 0.254. The van der Waals surface area contributed by atoms with Crippen LogP contribution in [0.5, 0.6) is 0 Å². The van der Waals surface area contributed by atoms with Crippen molar-refractivity contribution in [2.24, 2.45) is 0 Å². The van der Waals surface area contributed by atoms with Crippen molar-refractivity contribution in [2.75, 3.05) is 39.4 Å². The lowest BCUT2D eigenvalue weighted by molar-refractivity contribution is -0.121. The summed E-state index contributed by atoms with van der Waals surface area (Å²) in [4.78, 5) is 32.5. The summed E-state index contributed by atoms with van der Waals surface area (Å²) in [6, 6.07) is 15.0. The second-order valence-corrected chi connectivity index (χ2v) is 9.30. The predicted molar refractivity (Wildman–Crippen MR) is 144 cm³/mol. The summed E-state index contributed by atoms with van der Waals surface area (Å²) in [5, 5.41) is 3.93. The van der Waals surface area contributed by atoms with Gasteiger partial charge >= 0.3 is 0 Å². The number of hydrogen-bond donors (Lipinski definition) is 3. The first kappa shape index (κ1) is 26.0. The van der Waals surface area contributed by atoms with Crippen molar-refractivity contribution in [3.63, 3.8) is 0 Å². The van der Waals surface area contributed by atoms with E-state index in [2.05, 4.69) is 26.1 Å². The maximum Gasteiger partial charge on any atom is 0.273 e. The largest absolute Gasteiger partial charge is 0.379 e. The summed E-state index contributed by atoms with van der Waals surface area (Å²) in [5.74, 6) is -0.297. The Labute approximate surface area is 219 Å². The van der Waals surface area contributed by atoms with Gasteiger partial charge in [-0.15, -0.1) is 0 Å². The molecular weight excluding hydrogens is 500 g/mol. The summed E-state index contributed by atoms with van der Waals surface area (Å²) < 4.78 is 7.01. The molecule has 0 spiro atoms. The summed E-state index contributed by atoms with van der Waals surface area (Å²) in [5.41, 5.74) is 7.66. The number of aromatic nitrogens is 2. The van der Waals surface area contributed by atoms with Gasteiger partial charge in [-0.1, -0.05) is 41.9 Å². The van der Waals surface area contributed by atoms with Gasteiger partial charge in [0.15, 0.2) is 5.11 Å². The van der Waals surface area contributed by atoms with Crippen LogP contribution in [0, 0.1) is 0 Å². The van der Waals surface area contributed by atoms with Crippen molar-refractivity contribution in [1.29, 1.82) is 0 Å². The van der Waals surface area contributed by atoms with Crippen LogP contribution in [0.25, 0.3) is 11.0 Å². The molecule has 0 radical (unpaired) electrons. The second kappa shape index (κ2) is 12.8. The predicted octanol–water partition coefficient (Wildman–Crippen LogP) is 1.86. The first-order valence-corrected chi connectivity index (χ1v) is 12.6. The number of amides is 1. The Morgan fingerprint density at radius 3 is 2.67 bits per heavy atom. The van der Waals surface area contributed by atoms with Gasteiger partial charge in [0.25, 0.3) is 5.56 Å². The van der Waals surface area contributed by atoms with Crippen LogP contribution < -0.4 is 21.7 Å². The fourth-order valence-corrected chi connectivity index (χ4v) is 4.30. The van der Waals surface area contributed by atoms with Gasteiger partial charge in [-0.05, 0) is 36.0 Å². The quantitative estimate of drug-likeness (QED) is 0.301. The van der Waals surface area contributed by atoms with Crippen LogP contribution in [0.3, 0.4) is 0 Å². The minimum Gasteiger partial charge on any atom is -0.379 e. The van der Waals surface area contributed by atoms with Crippen LogP contribution in [-0.2, 0) is 22.5 Å². The van der Waals surface area contributed by atoms with Gasteiger partial charge in [0.05, 0.1) is 30.8 Å². The van der Waals surface area contributed by atoms with E-state index >= 15 is 0 Å². The molecule has 0 saturated carbocycles. The van der Waals surface area contributed by atoms with E-state index < -0.39 is 0 Å². The summed E-state index contributed by atoms with van der Waals surface area (Å²) >= 11 is 11.4. The normalized spacial score (nSPS) is 13.9. The molecule has 2 aromatic carbocycles. The van der Waals surface area contributed by atoms with Crippen molar-refractivity contribution >= 4 is 45.9 Å². The number of rotatable bonds is 8. The van der Waals surface area contributed by atoms with Gasteiger partial charge in [-0.2, -0.15) is 0 Å². The molecule has 2 heterocycles. The number of halogens is 1. The number of hydrogen-bond acceptors (Lipinski definition) is 6. The topological polar surface area (TPSA) is 101 Å². The van der Waals surface area contributed by atoms with Crippen LogP contribution in [0.15, 0.2) is 53.3 Å². The standard InChI is InChI=1S/C25H29ClN6O3S/c26-19-6-8-22-21(16-19)28-20(24(34)32(22)17-18-4-2-1-3-5-18)7-9-23(33)29-30-25(36)27-10-11-31-12-14-35-15-13-31/h1-6,8,16H,7,9-15,17H2,(H,29,33)(H2,27,30,36). The molecule has 1 fully saturated rings. The number of thiocarbonyl (C=S) groups is 1. The molecule has 190 valence electrons. The zero-order chi connectivity index (χ0) is 25.3. The maximum atomic E-state index is 13.3. The molecule has 1 amide bonds. The van der Waals surface area contributed by atoms with Gasteiger partial charge in [0, 0.05) is 44.0 Å². The highest BCUT2D eigenvalue weighted by molar-refractivity contribution is 7.80. The Kier molecular flexibility index (Phi) is 9.23. The molecule has 4 rings (SSSR count). The number of ether oxygens (including phenoxy) is 1. The number of morpholine rings is 1. The number of nitrogens with one attached hydrogen (secondary N) is 3. The number of fused-ring (bicyclic) bond motifs is 1. The molecule has 0 unspecified atom stereocenters. The van der Waals surface area contributed by atoms with E-state index in [0.717, 1.165) is 38.4 Å². The minimum atomic E-state index is -0.297. The Hall–Kier alpha value is -3.05. The molecule has 36 heavy (non-hydrogen) atoms. The molecule has 3 aromatic rings. The molecule has 1 aliphatic heterocycles. The number of hydrazine groups is 1. The van der Waals surface area contributed by atoms with E-state index in [1.54, 1.807) is 22.8 Å². The Morgan fingerprint density at radius 1 is 1.11 bits per heavy atom. The average Bonchev–Trinajstić information content (AvgIpc) is 2.89. The smallest absolute Gasteiger partial charge is 0.273 e. The number of benzene rings is 2. The molecule has 9 nitrogen and oxygen atoms in total. The maximum absolute atomic E-state index is 13.3. The van der Waals surface area contributed by atoms with E-state index in [1.165, 1.54) is 0 Å². The van der Waals surface area contributed by atoms with Crippen molar-refractivity contribution in [1.82, 2.24) is 30.6 Å². The number of carbonyl (C=O) groups is 1. The van der Waals surface area contributed by atoms with Gasteiger partial charge in [-0.25, -0.2) is 4.98 Å². The van der Waals surface area contributed by atoms with Crippen molar-refractivity contribution in [3.8, 4) is 0 Å². The fourth-order valence-electron chi connectivity index (χ4n) is 3.98. The molecule has 3 N–H and O–H groups in total. The zero-order valence-corrected chi connectivity index (χ0v) is 21.4. The third-order valence-corrected chi connectivity index (χ3v) is 6.36. The van der Waals surface area contributed by atoms with E-state index in [9.17, 15) is 9.59 Å². The molecule has 1 saturated heterocycles. The summed E-state index contributed by atoms with van der Waals surface area (Å²) in [7, 11) is 0. The molecule has 1 aromatic heterocycles. The van der Waals surface area contributed by atoms with Gasteiger partial charge in [-0.3, -0.25) is 25.3 Å². The van der Waals surface area contributed by atoms with Crippen molar-refractivity contribution in [2.45, 2.75) is 19.4 Å². The van der Waals surface area contributed by atoms with Crippen LogP contribution in [0.2, 0.25) is 5.02 Å². The van der Waals surface area contributed by atoms with Crippen molar-refractivity contribution in [3.05, 3.63) is 75.2 Å². The van der Waals surface area contributed by atoms with E-state index in [4.69, 9.17) is 28.6 Å². The molecule has 0 bridgehead atoms. The van der Waals surface area contributed by atoms with Crippen molar-refractivity contribution < 1.29 is 9.53 Å². The third kappa shape index (κ3) is 7.23. The Bertz CT molecular complexity index is 1260. The van der Waals surface area contributed by atoms with E-state index in [1.807, 2.05) is 30.3 Å². The Morgan fingerprint density at radius 2 is 1.89 bits per heavy atom. The molecule has 0 aliphatic carbocycles. The van der Waals surface area contributed by atoms with Crippen LogP contribution in [0.4, 0.5) is 0 Å². The van der Waals surface area contributed by atoms with Gasteiger partial charge < -0.3 is 14.6 Å². The minimum absolute atomic E-state index is 0.0725.